The zero-order valence-electron chi connectivity index (χ0n) is 12.1. The molecule has 0 aromatic heterocycles. The second-order valence-electron chi connectivity index (χ2n) is 5.91. The molecule has 104 valence electrons. The van der Waals surface area contributed by atoms with Gasteiger partial charge in [0.1, 0.15) is 0 Å². The molecule has 0 saturated heterocycles. The summed E-state index contributed by atoms with van der Waals surface area (Å²) >= 11 is 0. The van der Waals surface area contributed by atoms with Crippen LogP contribution in [0.25, 0.3) is 6.08 Å². The summed E-state index contributed by atoms with van der Waals surface area (Å²) in [4.78, 5) is 2.29. The predicted molar refractivity (Wildman–Crippen MR) is 92.1 cm³/mol. The Balaban J connectivity index is 1.70. The molecule has 22 heavy (non-hydrogen) atoms. The van der Waals surface area contributed by atoms with Gasteiger partial charge in [0, 0.05) is 17.8 Å². The van der Waals surface area contributed by atoms with Crippen molar-refractivity contribution in [2.24, 2.45) is 5.92 Å². The minimum absolute atomic E-state index is 0.417. The Morgan fingerprint density at radius 2 is 1.82 bits per heavy atom. The van der Waals surface area contributed by atoms with Crippen molar-refractivity contribution in [2.75, 3.05) is 4.90 Å². The van der Waals surface area contributed by atoms with Crippen LogP contribution in [-0.4, -0.2) is 0 Å². The number of para-hydroxylation sites is 1. The molecule has 1 nitrogen and oxygen atoms in total. The third-order valence-electron chi connectivity index (χ3n) is 4.64. The Morgan fingerprint density at radius 3 is 2.82 bits per heavy atom. The third-order valence-corrected chi connectivity index (χ3v) is 4.64. The van der Waals surface area contributed by atoms with Crippen LogP contribution in [0.3, 0.4) is 0 Å². The summed E-state index contributed by atoms with van der Waals surface area (Å²) in [6, 6.07) is 8.53. The molecule has 1 heteroatoms. The van der Waals surface area contributed by atoms with Gasteiger partial charge in [-0.25, -0.2) is 0 Å². The Kier molecular flexibility index (Phi) is 2.33. The zero-order valence-corrected chi connectivity index (χ0v) is 12.1. The van der Waals surface area contributed by atoms with E-state index in [1.54, 1.807) is 0 Å². The zero-order chi connectivity index (χ0) is 14.5. The molecule has 5 rings (SSSR count). The molecule has 0 saturated carbocycles. The first-order valence-electron chi connectivity index (χ1n) is 7.68. The highest BCUT2D eigenvalue weighted by atomic mass is 15.1. The number of fused-ring (bicyclic) bond motifs is 5. The Morgan fingerprint density at radius 1 is 0.864 bits per heavy atom. The Hall–Kier alpha value is -2.80. The average molecular weight is 281 g/mol. The van der Waals surface area contributed by atoms with Gasteiger partial charge in [0.25, 0.3) is 0 Å². The lowest BCUT2D eigenvalue weighted by atomic mass is 9.81. The van der Waals surface area contributed by atoms with Crippen molar-refractivity contribution in [1.29, 1.82) is 0 Å². The van der Waals surface area contributed by atoms with Crippen molar-refractivity contribution in [1.82, 2.24) is 0 Å². The lowest BCUT2D eigenvalue weighted by Gasteiger charge is -2.34. The fourth-order valence-corrected chi connectivity index (χ4v) is 3.53. The van der Waals surface area contributed by atoms with E-state index in [0.29, 0.717) is 5.92 Å². The molecule has 1 atom stereocenters. The van der Waals surface area contributed by atoms with Crippen molar-refractivity contribution < 1.29 is 0 Å². The van der Waals surface area contributed by atoms with Crippen LogP contribution in [0, 0.1) is 5.92 Å². The molecular weight excluding hydrogens is 266 g/mol. The van der Waals surface area contributed by atoms with Gasteiger partial charge in [-0.2, -0.15) is 0 Å². The number of hydrogen-bond donors (Lipinski definition) is 0. The number of benzene rings is 1. The van der Waals surface area contributed by atoms with Crippen LogP contribution in [0.5, 0.6) is 0 Å². The van der Waals surface area contributed by atoms with Crippen LogP contribution in [0.4, 0.5) is 5.69 Å². The SMILES string of the molecule is C1=CC2=C3C=C4C=Cc5ccccc5N4C=C3C=CC2C=C1. The first-order valence-corrected chi connectivity index (χ1v) is 7.68. The minimum atomic E-state index is 0.417. The molecule has 0 spiro atoms. The van der Waals surface area contributed by atoms with Gasteiger partial charge in [0.2, 0.25) is 0 Å². The maximum Gasteiger partial charge on any atom is 0.0528 e. The second kappa shape index (κ2) is 4.35. The minimum Gasteiger partial charge on any atom is -0.316 e. The lowest BCUT2D eigenvalue weighted by Crippen LogP contribution is -2.23. The molecule has 2 heterocycles. The summed E-state index contributed by atoms with van der Waals surface area (Å²) in [7, 11) is 0. The quantitative estimate of drug-likeness (QED) is 0.653. The summed E-state index contributed by atoms with van der Waals surface area (Å²) < 4.78 is 0. The maximum absolute atomic E-state index is 2.32. The van der Waals surface area contributed by atoms with Gasteiger partial charge >= 0.3 is 0 Å². The maximum atomic E-state index is 2.32. The van der Waals surface area contributed by atoms with Crippen LogP contribution < -0.4 is 4.90 Å². The van der Waals surface area contributed by atoms with Gasteiger partial charge in [-0.15, -0.1) is 0 Å². The van der Waals surface area contributed by atoms with Gasteiger partial charge in [-0.05, 0) is 40.5 Å². The monoisotopic (exact) mass is 281 g/mol. The van der Waals surface area contributed by atoms with Crippen molar-refractivity contribution in [3.05, 3.63) is 107 Å². The van der Waals surface area contributed by atoms with E-state index in [2.05, 4.69) is 90.0 Å². The Labute approximate surface area is 130 Å². The summed E-state index contributed by atoms with van der Waals surface area (Å²) in [5.41, 5.74) is 7.80. The summed E-state index contributed by atoms with van der Waals surface area (Å²) in [5.74, 6) is 0.417. The van der Waals surface area contributed by atoms with Crippen molar-refractivity contribution in [3.63, 3.8) is 0 Å². The van der Waals surface area contributed by atoms with Crippen LogP contribution in [0.15, 0.2) is 101 Å². The molecule has 1 aromatic rings. The van der Waals surface area contributed by atoms with E-state index in [1.807, 2.05) is 0 Å². The normalized spacial score (nSPS) is 23.5. The van der Waals surface area contributed by atoms with Gasteiger partial charge in [0.15, 0.2) is 0 Å². The van der Waals surface area contributed by atoms with Gasteiger partial charge in [-0.3, -0.25) is 0 Å². The highest BCUT2D eigenvalue weighted by Gasteiger charge is 2.25. The van der Waals surface area contributed by atoms with Crippen LogP contribution in [-0.2, 0) is 0 Å². The summed E-state index contributed by atoms with van der Waals surface area (Å²) in [6.45, 7) is 0. The van der Waals surface area contributed by atoms with E-state index in [0.717, 1.165) is 0 Å². The van der Waals surface area contributed by atoms with E-state index >= 15 is 0 Å². The number of anilines is 1. The third kappa shape index (κ3) is 1.59. The summed E-state index contributed by atoms with van der Waals surface area (Å²) in [6.07, 6.45) is 22.3. The lowest BCUT2D eigenvalue weighted by molar-refractivity contribution is 0.953. The molecule has 0 amide bonds. The van der Waals surface area contributed by atoms with E-state index in [9.17, 15) is 0 Å². The molecule has 0 fully saturated rings. The van der Waals surface area contributed by atoms with Gasteiger partial charge in [0.05, 0.1) is 5.69 Å². The van der Waals surface area contributed by atoms with Gasteiger partial charge < -0.3 is 4.90 Å². The molecule has 4 aliphatic rings. The van der Waals surface area contributed by atoms with Crippen LogP contribution >= 0.6 is 0 Å². The number of allylic oxidation sites excluding steroid dienone is 11. The molecule has 2 aliphatic carbocycles. The largest absolute Gasteiger partial charge is 0.316 e. The predicted octanol–water partition coefficient (Wildman–Crippen LogP) is 4.91. The topological polar surface area (TPSA) is 3.24 Å². The fraction of sp³-hybridized carbons (Fsp3) is 0.0476. The average Bonchev–Trinajstić information content (AvgIpc) is 2.60. The number of hydrogen-bond acceptors (Lipinski definition) is 1. The standard InChI is InChI=1S/C21H15N/c1-3-7-19-15(5-1)9-10-17-14-22-18(13-20(17)19)12-11-16-6-2-4-8-21(16)22/h1-15H. The fourth-order valence-electron chi connectivity index (χ4n) is 3.53. The Bertz CT molecular complexity index is 884. The first kappa shape index (κ1) is 11.8. The molecular formula is C21H15N. The van der Waals surface area contributed by atoms with Crippen LogP contribution in [0.2, 0.25) is 0 Å². The van der Waals surface area contributed by atoms with Crippen LogP contribution in [0.1, 0.15) is 5.56 Å². The van der Waals surface area contributed by atoms with E-state index in [-0.39, 0.29) is 0 Å². The smallest absolute Gasteiger partial charge is 0.0528 e. The van der Waals surface area contributed by atoms with Gasteiger partial charge in [-0.1, -0.05) is 60.7 Å². The summed E-state index contributed by atoms with van der Waals surface area (Å²) in [5, 5.41) is 0. The molecule has 0 bridgehead atoms. The molecule has 1 unspecified atom stereocenters. The van der Waals surface area contributed by atoms with E-state index < -0.39 is 0 Å². The van der Waals surface area contributed by atoms with E-state index in [4.69, 9.17) is 0 Å². The highest BCUT2D eigenvalue weighted by molar-refractivity contribution is 5.81. The second-order valence-corrected chi connectivity index (χ2v) is 5.91. The van der Waals surface area contributed by atoms with Crippen molar-refractivity contribution in [2.45, 2.75) is 0 Å². The molecule has 2 aliphatic heterocycles. The number of rotatable bonds is 0. The van der Waals surface area contributed by atoms with E-state index in [1.165, 1.54) is 33.7 Å². The number of nitrogens with zero attached hydrogens (tertiary/aromatic N) is 1. The molecule has 0 N–H and O–H groups in total. The molecule has 0 radical (unpaired) electrons. The first-order chi connectivity index (χ1) is 10.9. The van der Waals surface area contributed by atoms with Crippen molar-refractivity contribution in [3.8, 4) is 0 Å². The molecule has 1 aromatic carbocycles. The van der Waals surface area contributed by atoms with Crippen molar-refractivity contribution >= 4 is 11.8 Å². The highest BCUT2D eigenvalue weighted by Crippen LogP contribution is 2.40.